The van der Waals surface area contributed by atoms with Crippen molar-refractivity contribution in [2.45, 2.75) is 43.3 Å². The molecule has 0 bridgehead atoms. The van der Waals surface area contributed by atoms with Gasteiger partial charge in [0, 0.05) is 24.9 Å². The Bertz CT molecular complexity index is 1210. The Balaban J connectivity index is 1.43. The fourth-order valence-electron chi connectivity index (χ4n) is 4.25. The highest BCUT2D eigenvalue weighted by molar-refractivity contribution is 7.92. The van der Waals surface area contributed by atoms with Gasteiger partial charge in [-0.2, -0.15) is 5.26 Å². The van der Waals surface area contributed by atoms with Crippen molar-refractivity contribution >= 4 is 26.3 Å². The van der Waals surface area contributed by atoms with Crippen molar-refractivity contribution in [2.24, 2.45) is 0 Å². The van der Waals surface area contributed by atoms with Crippen LogP contribution in [0.1, 0.15) is 40.8 Å². The molecule has 160 valence electrons. The molecule has 1 saturated heterocycles. The van der Waals surface area contributed by atoms with Crippen molar-refractivity contribution in [1.29, 1.82) is 5.26 Å². The highest BCUT2D eigenvalue weighted by atomic mass is 32.2. The molecule has 31 heavy (non-hydrogen) atoms. The summed E-state index contributed by atoms with van der Waals surface area (Å²) in [5, 5.41) is 11.9. The van der Waals surface area contributed by atoms with E-state index in [1.165, 1.54) is 16.7 Å². The summed E-state index contributed by atoms with van der Waals surface area (Å²) in [4.78, 5) is 7.15. The number of benzene rings is 2. The summed E-state index contributed by atoms with van der Waals surface area (Å²) in [6.07, 6.45) is 1.87. The van der Waals surface area contributed by atoms with Gasteiger partial charge in [0.05, 0.1) is 21.4 Å². The Labute approximate surface area is 187 Å². The summed E-state index contributed by atoms with van der Waals surface area (Å²) < 4.78 is 26.2. The summed E-state index contributed by atoms with van der Waals surface area (Å²) in [6, 6.07) is 15.0. The van der Waals surface area contributed by atoms with Gasteiger partial charge in [0.15, 0.2) is 15.0 Å². The summed E-state index contributed by atoms with van der Waals surface area (Å²) >= 11 is 1.62. The van der Waals surface area contributed by atoms with Gasteiger partial charge < -0.3 is 4.90 Å². The number of nitriles is 1. The number of rotatable bonds is 5. The van der Waals surface area contributed by atoms with E-state index in [0.717, 1.165) is 17.2 Å². The van der Waals surface area contributed by atoms with E-state index in [2.05, 4.69) is 42.3 Å². The fourth-order valence-corrected chi connectivity index (χ4v) is 7.01. The third-order valence-electron chi connectivity index (χ3n) is 5.67. The van der Waals surface area contributed by atoms with E-state index in [1.807, 2.05) is 6.07 Å². The van der Waals surface area contributed by atoms with Crippen molar-refractivity contribution < 1.29 is 8.42 Å². The minimum Gasteiger partial charge on any atom is -0.348 e. The van der Waals surface area contributed by atoms with Crippen LogP contribution >= 0.6 is 11.3 Å². The van der Waals surface area contributed by atoms with E-state index in [1.54, 1.807) is 35.6 Å². The zero-order chi connectivity index (χ0) is 22.0. The van der Waals surface area contributed by atoms with Crippen molar-refractivity contribution in [3.8, 4) is 6.07 Å². The standard InChI is InChI=1S/C24H25N3O2S2/c1-17-11-18(2)13-19(12-17)14-21-16-30-24(26-21)27-9-7-22(8-10-27)31(28,29)23-6-4-3-5-20(23)15-25/h3-6,11-13,16,22H,7-10,14H2,1-2H3. The van der Waals surface area contributed by atoms with Crippen LogP contribution in [0.15, 0.2) is 52.7 Å². The Morgan fingerprint density at radius 2 is 1.81 bits per heavy atom. The lowest BCUT2D eigenvalue weighted by Gasteiger charge is -2.31. The van der Waals surface area contributed by atoms with E-state index in [9.17, 15) is 13.7 Å². The first-order valence-corrected chi connectivity index (χ1v) is 12.8. The van der Waals surface area contributed by atoms with Crippen LogP contribution in [0, 0.1) is 25.2 Å². The molecule has 5 nitrogen and oxygen atoms in total. The molecule has 1 aliphatic heterocycles. The molecule has 0 aliphatic carbocycles. The van der Waals surface area contributed by atoms with E-state index in [-0.39, 0.29) is 10.5 Å². The largest absolute Gasteiger partial charge is 0.348 e. The van der Waals surface area contributed by atoms with Gasteiger partial charge in [-0.25, -0.2) is 13.4 Å². The van der Waals surface area contributed by atoms with Crippen LogP contribution in [0.5, 0.6) is 0 Å². The van der Waals surface area contributed by atoms with Crippen molar-refractivity contribution in [3.63, 3.8) is 0 Å². The Morgan fingerprint density at radius 1 is 1.13 bits per heavy atom. The van der Waals surface area contributed by atoms with E-state index < -0.39 is 15.1 Å². The Morgan fingerprint density at radius 3 is 2.48 bits per heavy atom. The molecule has 0 N–H and O–H groups in total. The lowest BCUT2D eigenvalue weighted by atomic mass is 10.0. The zero-order valence-electron chi connectivity index (χ0n) is 17.7. The maximum atomic E-state index is 13.1. The maximum absolute atomic E-state index is 13.1. The minimum absolute atomic E-state index is 0.154. The third kappa shape index (κ3) is 4.65. The first kappa shape index (κ1) is 21.5. The van der Waals surface area contributed by atoms with E-state index in [4.69, 9.17) is 4.98 Å². The van der Waals surface area contributed by atoms with Gasteiger partial charge in [0.1, 0.15) is 6.07 Å². The van der Waals surface area contributed by atoms with Crippen molar-refractivity contribution in [1.82, 2.24) is 4.98 Å². The molecular formula is C24H25N3O2S2. The van der Waals surface area contributed by atoms with Gasteiger partial charge in [0.25, 0.3) is 0 Å². The summed E-state index contributed by atoms with van der Waals surface area (Å²) in [5.41, 5.74) is 5.04. The van der Waals surface area contributed by atoms with Gasteiger partial charge >= 0.3 is 0 Å². The fraction of sp³-hybridized carbons (Fsp3) is 0.333. The molecule has 2 aromatic carbocycles. The molecule has 3 aromatic rings. The number of sulfone groups is 1. The molecule has 0 atom stereocenters. The molecule has 0 unspecified atom stereocenters. The monoisotopic (exact) mass is 451 g/mol. The van der Waals surface area contributed by atoms with Crippen LogP contribution in [-0.2, 0) is 16.3 Å². The molecular weight excluding hydrogens is 426 g/mol. The third-order valence-corrected chi connectivity index (χ3v) is 8.94. The smallest absolute Gasteiger partial charge is 0.185 e. The van der Waals surface area contributed by atoms with Crippen LogP contribution in [0.2, 0.25) is 0 Å². The average Bonchev–Trinajstić information content (AvgIpc) is 3.21. The molecule has 4 rings (SSSR count). The summed E-state index contributed by atoms with van der Waals surface area (Å²) in [7, 11) is -3.52. The van der Waals surface area contributed by atoms with Crippen molar-refractivity contribution in [2.75, 3.05) is 18.0 Å². The molecule has 0 amide bonds. The normalized spacial score (nSPS) is 15.1. The number of thiazole rings is 1. The zero-order valence-corrected chi connectivity index (χ0v) is 19.3. The molecule has 0 radical (unpaired) electrons. The van der Waals surface area contributed by atoms with Crippen LogP contribution in [0.3, 0.4) is 0 Å². The average molecular weight is 452 g/mol. The van der Waals surface area contributed by atoms with Gasteiger partial charge in [-0.3, -0.25) is 0 Å². The van der Waals surface area contributed by atoms with E-state index in [0.29, 0.717) is 25.9 Å². The molecule has 1 fully saturated rings. The summed E-state index contributed by atoms with van der Waals surface area (Å²) in [5.74, 6) is 0. The van der Waals surface area contributed by atoms with Gasteiger partial charge in [-0.15, -0.1) is 11.3 Å². The minimum atomic E-state index is -3.52. The number of piperidine rings is 1. The number of hydrogen-bond acceptors (Lipinski definition) is 6. The second kappa shape index (κ2) is 8.81. The molecule has 1 aliphatic rings. The Kier molecular flexibility index (Phi) is 6.12. The van der Waals surface area contributed by atoms with Crippen molar-refractivity contribution in [3.05, 3.63) is 75.8 Å². The lowest BCUT2D eigenvalue weighted by Crippen LogP contribution is -2.39. The highest BCUT2D eigenvalue weighted by Crippen LogP contribution is 2.30. The predicted molar refractivity (Wildman–Crippen MR) is 124 cm³/mol. The van der Waals surface area contributed by atoms with Crippen LogP contribution in [-0.4, -0.2) is 31.7 Å². The van der Waals surface area contributed by atoms with Crippen LogP contribution in [0.4, 0.5) is 5.13 Å². The van der Waals surface area contributed by atoms with Gasteiger partial charge in [-0.1, -0.05) is 41.5 Å². The number of hydrogen-bond donors (Lipinski definition) is 0. The maximum Gasteiger partial charge on any atom is 0.185 e. The molecule has 0 saturated carbocycles. The predicted octanol–water partition coefficient (Wildman–Crippen LogP) is 4.67. The molecule has 2 heterocycles. The topological polar surface area (TPSA) is 74.1 Å². The first-order chi connectivity index (χ1) is 14.9. The first-order valence-electron chi connectivity index (χ1n) is 10.4. The van der Waals surface area contributed by atoms with Crippen LogP contribution < -0.4 is 4.90 Å². The lowest BCUT2D eigenvalue weighted by molar-refractivity contribution is 0.529. The second-order valence-electron chi connectivity index (χ2n) is 8.13. The quantitative estimate of drug-likeness (QED) is 0.564. The number of anilines is 1. The van der Waals surface area contributed by atoms with E-state index >= 15 is 0 Å². The van der Waals surface area contributed by atoms with Gasteiger partial charge in [-0.05, 0) is 44.4 Å². The van der Waals surface area contributed by atoms with Gasteiger partial charge in [0.2, 0.25) is 0 Å². The second-order valence-corrected chi connectivity index (χ2v) is 11.2. The number of aryl methyl sites for hydroxylation is 2. The molecule has 1 aromatic heterocycles. The summed E-state index contributed by atoms with van der Waals surface area (Å²) in [6.45, 7) is 5.51. The molecule has 7 heteroatoms. The van der Waals surface area contributed by atoms with Crippen LogP contribution in [0.25, 0.3) is 0 Å². The highest BCUT2D eigenvalue weighted by Gasteiger charge is 2.33. The Hall–Kier alpha value is -2.69. The SMILES string of the molecule is Cc1cc(C)cc(Cc2csc(N3CCC(S(=O)(=O)c4ccccc4C#N)CC3)n2)c1. The number of nitrogens with zero attached hydrogens (tertiary/aromatic N) is 3. The number of aromatic nitrogens is 1. The molecule has 0 spiro atoms.